The van der Waals surface area contributed by atoms with Crippen molar-refractivity contribution in [2.75, 3.05) is 0 Å². The highest BCUT2D eigenvalue weighted by atomic mass is 19.1. The third-order valence-corrected chi connectivity index (χ3v) is 3.20. The van der Waals surface area contributed by atoms with E-state index in [0.29, 0.717) is 17.7 Å². The number of nitrogens with zero attached hydrogens (tertiary/aromatic N) is 2. The van der Waals surface area contributed by atoms with Crippen molar-refractivity contribution in [3.05, 3.63) is 47.7 Å². The fourth-order valence-corrected chi connectivity index (χ4v) is 1.82. The number of aryl methyl sites for hydroxylation is 1. The fraction of sp³-hybridized carbons (Fsp3) is 0.333. The van der Waals surface area contributed by atoms with Crippen molar-refractivity contribution in [1.29, 1.82) is 0 Å². The van der Waals surface area contributed by atoms with E-state index in [9.17, 15) is 4.39 Å². The molecule has 1 saturated carbocycles. The molecular formula is C15H16FN3O. The minimum atomic E-state index is -0.330. The van der Waals surface area contributed by atoms with Gasteiger partial charge in [0.25, 0.3) is 0 Å². The molecule has 1 heterocycles. The van der Waals surface area contributed by atoms with Crippen LogP contribution >= 0.6 is 0 Å². The van der Waals surface area contributed by atoms with Crippen LogP contribution in [0.3, 0.4) is 0 Å². The second kappa shape index (κ2) is 5.54. The van der Waals surface area contributed by atoms with Crippen LogP contribution in [0.5, 0.6) is 11.6 Å². The lowest BCUT2D eigenvalue weighted by molar-refractivity contribution is 0.450. The first-order chi connectivity index (χ1) is 9.70. The first kappa shape index (κ1) is 13.0. The lowest BCUT2D eigenvalue weighted by atomic mass is 10.2. The fourth-order valence-electron chi connectivity index (χ4n) is 1.82. The van der Waals surface area contributed by atoms with Gasteiger partial charge in [-0.3, -0.25) is 4.98 Å². The Balaban J connectivity index is 1.66. The van der Waals surface area contributed by atoms with Gasteiger partial charge >= 0.3 is 0 Å². The predicted molar refractivity (Wildman–Crippen MR) is 73.1 cm³/mol. The van der Waals surface area contributed by atoms with Crippen molar-refractivity contribution in [2.45, 2.75) is 32.4 Å². The standard InChI is InChI=1S/C15H16FN3O/c1-10-2-3-11(16)6-14(10)20-15-9-18-13(8-19-15)7-17-12-4-5-12/h2-3,6,8-9,12,17H,4-5,7H2,1H3. The van der Waals surface area contributed by atoms with Gasteiger partial charge in [0.15, 0.2) is 0 Å². The number of nitrogens with one attached hydrogen (secondary N) is 1. The van der Waals surface area contributed by atoms with Crippen molar-refractivity contribution in [2.24, 2.45) is 0 Å². The van der Waals surface area contributed by atoms with E-state index in [2.05, 4.69) is 15.3 Å². The van der Waals surface area contributed by atoms with Gasteiger partial charge in [-0.05, 0) is 31.4 Å². The van der Waals surface area contributed by atoms with E-state index in [1.165, 1.54) is 25.0 Å². The van der Waals surface area contributed by atoms with Gasteiger partial charge in [-0.25, -0.2) is 9.37 Å². The molecular weight excluding hydrogens is 257 g/mol. The zero-order valence-corrected chi connectivity index (χ0v) is 11.3. The minimum Gasteiger partial charge on any atom is -0.437 e. The van der Waals surface area contributed by atoms with Crippen LogP contribution in [0.25, 0.3) is 0 Å². The van der Waals surface area contributed by atoms with Crippen LogP contribution in [0.1, 0.15) is 24.1 Å². The van der Waals surface area contributed by atoms with Gasteiger partial charge in [-0.15, -0.1) is 0 Å². The van der Waals surface area contributed by atoms with Crippen molar-refractivity contribution in [3.8, 4) is 11.6 Å². The molecule has 0 aliphatic heterocycles. The molecule has 1 aliphatic rings. The molecule has 1 aromatic carbocycles. The third kappa shape index (κ3) is 3.30. The highest BCUT2D eigenvalue weighted by Gasteiger charge is 2.20. The minimum absolute atomic E-state index is 0.330. The Hall–Kier alpha value is -2.01. The molecule has 4 nitrogen and oxygen atoms in total. The second-order valence-electron chi connectivity index (χ2n) is 5.01. The van der Waals surface area contributed by atoms with E-state index in [-0.39, 0.29) is 5.82 Å². The average molecular weight is 273 g/mol. The maximum absolute atomic E-state index is 13.2. The third-order valence-electron chi connectivity index (χ3n) is 3.20. The van der Waals surface area contributed by atoms with Crippen molar-refractivity contribution < 1.29 is 9.13 Å². The molecule has 0 saturated heterocycles. The van der Waals surface area contributed by atoms with Crippen LogP contribution in [0.15, 0.2) is 30.6 Å². The molecule has 1 aromatic heterocycles. The zero-order chi connectivity index (χ0) is 13.9. The van der Waals surface area contributed by atoms with Crippen LogP contribution in [0, 0.1) is 12.7 Å². The maximum atomic E-state index is 13.2. The zero-order valence-electron chi connectivity index (χ0n) is 11.3. The van der Waals surface area contributed by atoms with Gasteiger partial charge in [0, 0.05) is 18.7 Å². The molecule has 104 valence electrons. The Kier molecular flexibility index (Phi) is 3.60. The summed E-state index contributed by atoms with van der Waals surface area (Å²) < 4.78 is 18.7. The predicted octanol–water partition coefficient (Wildman–Crippen LogP) is 2.97. The molecule has 20 heavy (non-hydrogen) atoms. The second-order valence-corrected chi connectivity index (χ2v) is 5.01. The number of aromatic nitrogens is 2. The lowest BCUT2D eigenvalue weighted by Crippen LogP contribution is -2.16. The highest BCUT2D eigenvalue weighted by Crippen LogP contribution is 2.24. The van der Waals surface area contributed by atoms with E-state index in [1.54, 1.807) is 18.5 Å². The molecule has 0 radical (unpaired) electrons. The Bertz CT molecular complexity index is 597. The Morgan fingerprint density at radius 1 is 1.30 bits per heavy atom. The molecule has 3 rings (SSSR count). The van der Waals surface area contributed by atoms with Crippen molar-refractivity contribution >= 4 is 0 Å². The molecule has 0 spiro atoms. The lowest BCUT2D eigenvalue weighted by Gasteiger charge is -2.08. The van der Waals surface area contributed by atoms with Crippen LogP contribution in [-0.2, 0) is 6.54 Å². The first-order valence-electron chi connectivity index (χ1n) is 6.69. The van der Waals surface area contributed by atoms with Gasteiger partial charge in [-0.1, -0.05) is 6.07 Å². The topological polar surface area (TPSA) is 47.0 Å². The number of rotatable bonds is 5. The summed E-state index contributed by atoms with van der Waals surface area (Å²) in [6.07, 6.45) is 5.73. The van der Waals surface area contributed by atoms with E-state index < -0.39 is 0 Å². The summed E-state index contributed by atoms with van der Waals surface area (Å²) in [6, 6.07) is 5.06. The summed E-state index contributed by atoms with van der Waals surface area (Å²) in [7, 11) is 0. The Morgan fingerprint density at radius 2 is 2.15 bits per heavy atom. The largest absolute Gasteiger partial charge is 0.437 e. The number of hydrogen-bond donors (Lipinski definition) is 1. The number of ether oxygens (including phenoxy) is 1. The molecule has 2 aromatic rings. The Labute approximate surface area is 117 Å². The summed E-state index contributed by atoms with van der Waals surface area (Å²) >= 11 is 0. The summed E-state index contributed by atoms with van der Waals surface area (Å²) in [5.41, 5.74) is 1.73. The maximum Gasteiger partial charge on any atom is 0.237 e. The summed E-state index contributed by atoms with van der Waals surface area (Å²) in [4.78, 5) is 8.48. The SMILES string of the molecule is Cc1ccc(F)cc1Oc1cnc(CNC2CC2)cn1. The van der Waals surface area contributed by atoms with Gasteiger partial charge in [0.05, 0.1) is 18.1 Å². The van der Waals surface area contributed by atoms with Crippen LogP contribution in [0.4, 0.5) is 4.39 Å². The normalized spacial score (nSPS) is 14.3. The van der Waals surface area contributed by atoms with Crippen molar-refractivity contribution in [1.82, 2.24) is 15.3 Å². The summed E-state index contributed by atoms with van der Waals surface area (Å²) in [5, 5.41) is 3.37. The molecule has 0 bridgehead atoms. The van der Waals surface area contributed by atoms with E-state index in [0.717, 1.165) is 17.8 Å². The smallest absolute Gasteiger partial charge is 0.237 e. The van der Waals surface area contributed by atoms with Gasteiger partial charge in [0.1, 0.15) is 11.6 Å². The monoisotopic (exact) mass is 273 g/mol. The molecule has 0 atom stereocenters. The molecule has 0 unspecified atom stereocenters. The Morgan fingerprint density at radius 3 is 2.85 bits per heavy atom. The van der Waals surface area contributed by atoms with Crippen LogP contribution in [0.2, 0.25) is 0 Å². The number of benzene rings is 1. The molecule has 1 aliphatic carbocycles. The number of halogens is 1. The highest BCUT2D eigenvalue weighted by molar-refractivity contribution is 5.35. The van der Waals surface area contributed by atoms with E-state index >= 15 is 0 Å². The van der Waals surface area contributed by atoms with Crippen LogP contribution in [-0.4, -0.2) is 16.0 Å². The molecule has 1 N–H and O–H groups in total. The number of hydrogen-bond acceptors (Lipinski definition) is 4. The quantitative estimate of drug-likeness (QED) is 0.909. The van der Waals surface area contributed by atoms with E-state index in [1.807, 2.05) is 6.92 Å². The molecule has 1 fully saturated rings. The van der Waals surface area contributed by atoms with E-state index in [4.69, 9.17) is 4.74 Å². The average Bonchev–Trinajstić information content (AvgIpc) is 3.26. The molecule has 5 heteroatoms. The molecule has 0 amide bonds. The van der Waals surface area contributed by atoms with Gasteiger partial charge in [-0.2, -0.15) is 0 Å². The van der Waals surface area contributed by atoms with Crippen LogP contribution < -0.4 is 10.1 Å². The summed E-state index contributed by atoms with van der Waals surface area (Å²) in [6.45, 7) is 2.58. The van der Waals surface area contributed by atoms with Crippen molar-refractivity contribution in [3.63, 3.8) is 0 Å². The summed E-state index contributed by atoms with van der Waals surface area (Å²) in [5.74, 6) is 0.501. The van der Waals surface area contributed by atoms with Gasteiger partial charge < -0.3 is 10.1 Å². The first-order valence-corrected chi connectivity index (χ1v) is 6.69. The van der Waals surface area contributed by atoms with Gasteiger partial charge in [0.2, 0.25) is 5.88 Å².